The van der Waals surface area contributed by atoms with Gasteiger partial charge in [0.1, 0.15) is 6.04 Å². The first-order valence-corrected chi connectivity index (χ1v) is 8.31. The molecule has 3 atom stereocenters. The molecule has 23 heavy (non-hydrogen) atoms. The van der Waals surface area contributed by atoms with Crippen LogP contribution in [0.4, 0.5) is 4.79 Å². The standard InChI is InChI=1S/C16H29N3O4/c1-10(2)9-23-16(22)19-13(8-14(17)20)15(21)18-12-7-5-4-6-11(12)3/h10-13H,4-9H2,1-3H3,(H2,17,20)(H,18,21)(H,19,22)/t11-,12+,13-/m1/s1. The van der Waals surface area contributed by atoms with Crippen LogP contribution in [0.1, 0.15) is 52.9 Å². The fraction of sp³-hybridized carbons (Fsp3) is 0.812. The summed E-state index contributed by atoms with van der Waals surface area (Å²) in [5.41, 5.74) is 5.18. The Hall–Kier alpha value is -1.79. The fourth-order valence-electron chi connectivity index (χ4n) is 2.65. The van der Waals surface area contributed by atoms with Gasteiger partial charge in [-0.3, -0.25) is 9.59 Å². The molecule has 0 radical (unpaired) electrons. The normalized spacial score (nSPS) is 22.3. The first-order chi connectivity index (χ1) is 10.8. The monoisotopic (exact) mass is 327 g/mol. The zero-order valence-electron chi connectivity index (χ0n) is 14.3. The molecule has 1 fully saturated rings. The molecule has 1 saturated carbocycles. The predicted octanol–water partition coefficient (Wildman–Crippen LogP) is 1.31. The maximum Gasteiger partial charge on any atom is 0.407 e. The van der Waals surface area contributed by atoms with Crippen molar-refractivity contribution >= 4 is 17.9 Å². The average Bonchev–Trinajstić information content (AvgIpc) is 2.46. The number of amides is 3. The Kier molecular flexibility index (Phi) is 7.85. The Labute approximate surface area is 137 Å². The van der Waals surface area contributed by atoms with Gasteiger partial charge < -0.3 is 21.1 Å². The zero-order chi connectivity index (χ0) is 17.4. The van der Waals surface area contributed by atoms with Gasteiger partial charge in [-0.15, -0.1) is 0 Å². The summed E-state index contributed by atoms with van der Waals surface area (Å²) >= 11 is 0. The summed E-state index contributed by atoms with van der Waals surface area (Å²) in [4.78, 5) is 35.3. The van der Waals surface area contributed by atoms with Gasteiger partial charge in [0.05, 0.1) is 13.0 Å². The number of hydrogen-bond donors (Lipinski definition) is 3. The summed E-state index contributed by atoms with van der Waals surface area (Å²) in [6.45, 7) is 6.16. The second-order valence-corrected chi connectivity index (χ2v) is 6.74. The molecular weight excluding hydrogens is 298 g/mol. The Bertz CT molecular complexity index is 426. The third kappa shape index (κ3) is 7.34. The molecule has 0 spiro atoms. The van der Waals surface area contributed by atoms with E-state index in [4.69, 9.17) is 10.5 Å². The highest BCUT2D eigenvalue weighted by atomic mass is 16.5. The number of rotatable bonds is 7. The minimum atomic E-state index is -0.999. The summed E-state index contributed by atoms with van der Waals surface area (Å²) in [7, 11) is 0. The van der Waals surface area contributed by atoms with Crippen LogP contribution in [0, 0.1) is 11.8 Å². The molecule has 7 heteroatoms. The van der Waals surface area contributed by atoms with Crippen LogP contribution >= 0.6 is 0 Å². The van der Waals surface area contributed by atoms with E-state index in [-0.39, 0.29) is 30.9 Å². The summed E-state index contributed by atoms with van der Waals surface area (Å²) in [5, 5.41) is 5.36. The van der Waals surface area contributed by atoms with E-state index in [9.17, 15) is 14.4 Å². The van der Waals surface area contributed by atoms with Crippen molar-refractivity contribution in [3.63, 3.8) is 0 Å². The number of alkyl carbamates (subject to hydrolysis) is 1. The predicted molar refractivity (Wildman–Crippen MR) is 86.5 cm³/mol. The quantitative estimate of drug-likeness (QED) is 0.654. The van der Waals surface area contributed by atoms with Crippen molar-refractivity contribution in [2.24, 2.45) is 17.6 Å². The van der Waals surface area contributed by atoms with E-state index < -0.39 is 18.0 Å². The number of carbonyl (C=O) groups excluding carboxylic acids is 3. The molecule has 3 amide bonds. The van der Waals surface area contributed by atoms with Crippen molar-refractivity contribution in [3.8, 4) is 0 Å². The number of carbonyl (C=O) groups is 3. The lowest BCUT2D eigenvalue weighted by Gasteiger charge is -2.31. The molecule has 1 rings (SSSR count). The van der Waals surface area contributed by atoms with Gasteiger partial charge in [0, 0.05) is 6.04 Å². The molecule has 0 saturated heterocycles. The number of primary amides is 1. The number of nitrogens with one attached hydrogen (secondary N) is 2. The van der Waals surface area contributed by atoms with Crippen molar-refractivity contribution in [3.05, 3.63) is 0 Å². The maximum absolute atomic E-state index is 12.4. The van der Waals surface area contributed by atoms with E-state index in [2.05, 4.69) is 17.6 Å². The van der Waals surface area contributed by atoms with E-state index in [1.165, 1.54) is 0 Å². The van der Waals surface area contributed by atoms with Crippen molar-refractivity contribution in [1.82, 2.24) is 10.6 Å². The molecule has 0 aromatic carbocycles. The third-order valence-corrected chi connectivity index (χ3v) is 4.00. The van der Waals surface area contributed by atoms with Crippen LogP contribution in [0.3, 0.4) is 0 Å². The van der Waals surface area contributed by atoms with Gasteiger partial charge in [0.15, 0.2) is 0 Å². The highest BCUT2D eigenvalue weighted by molar-refractivity contribution is 5.90. The van der Waals surface area contributed by atoms with Crippen LogP contribution in [0.25, 0.3) is 0 Å². The summed E-state index contributed by atoms with van der Waals surface area (Å²) in [6, 6.07) is -0.929. The summed E-state index contributed by atoms with van der Waals surface area (Å²) < 4.78 is 4.99. The second kappa shape index (κ2) is 9.37. The molecule has 1 aliphatic carbocycles. The highest BCUT2D eigenvalue weighted by Gasteiger charge is 2.28. The molecular formula is C16H29N3O4. The molecule has 4 N–H and O–H groups in total. The average molecular weight is 327 g/mol. The Morgan fingerprint density at radius 2 is 1.87 bits per heavy atom. The van der Waals surface area contributed by atoms with E-state index in [1.807, 2.05) is 13.8 Å². The molecule has 0 heterocycles. The maximum atomic E-state index is 12.4. The van der Waals surface area contributed by atoms with Gasteiger partial charge in [-0.05, 0) is 24.7 Å². The Morgan fingerprint density at radius 1 is 1.22 bits per heavy atom. The molecule has 0 aromatic heterocycles. The highest BCUT2D eigenvalue weighted by Crippen LogP contribution is 2.23. The third-order valence-electron chi connectivity index (χ3n) is 4.00. The van der Waals surface area contributed by atoms with Crippen LogP contribution in [0.2, 0.25) is 0 Å². The van der Waals surface area contributed by atoms with Gasteiger partial charge in [-0.1, -0.05) is 33.6 Å². The molecule has 0 aliphatic heterocycles. The van der Waals surface area contributed by atoms with Gasteiger partial charge in [-0.2, -0.15) is 0 Å². The smallest absolute Gasteiger partial charge is 0.407 e. The Morgan fingerprint density at radius 3 is 2.43 bits per heavy atom. The summed E-state index contributed by atoms with van der Waals surface area (Å²) in [5.74, 6) is -0.461. The van der Waals surface area contributed by atoms with E-state index >= 15 is 0 Å². The van der Waals surface area contributed by atoms with Crippen LogP contribution in [-0.4, -0.2) is 36.6 Å². The first kappa shape index (κ1) is 19.3. The fourth-order valence-corrected chi connectivity index (χ4v) is 2.65. The van der Waals surface area contributed by atoms with Gasteiger partial charge in [0.25, 0.3) is 0 Å². The summed E-state index contributed by atoms with van der Waals surface area (Å²) in [6.07, 6.45) is 3.25. The van der Waals surface area contributed by atoms with Crippen LogP contribution in [-0.2, 0) is 14.3 Å². The minimum Gasteiger partial charge on any atom is -0.449 e. The van der Waals surface area contributed by atoms with Gasteiger partial charge in [0.2, 0.25) is 11.8 Å². The molecule has 0 bridgehead atoms. The number of nitrogens with two attached hydrogens (primary N) is 1. The van der Waals surface area contributed by atoms with E-state index in [0.717, 1.165) is 25.7 Å². The van der Waals surface area contributed by atoms with Crippen molar-refractivity contribution in [2.75, 3.05) is 6.61 Å². The molecule has 1 aliphatic rings. The van der Waals surface area contributed by atoms with Crippen molar-refractivity contribution in [2.45, 2.75) is 65.0 Å². The largest absolute Gasteiger partial charge is 0.449 e. The van der Waals surface area contributed by atoms with Crippen LogP contribution in [0.5, 0.6) is 0 Å². The number of hydrogen-bond acceptors (Lipinski definition) is 4. The molecule has 132 valence electrons. The van der Waals surface area contributed by atoms with Crippen LogP contribution < -0.4 is 16.4 Å². The molecule has 7 nitrogen and oxygen atoms in total. The minimum absolute atomic E-state index is 0.0695. The molecule has 0 aromatic rings. The molecule has 0 unspecified atom stereocenters. The zero-order valence-corrected chi connectivity index (χ0v) is 14.3. The topological polar surface area (TPSA) is 111 Å². The number of ether oxygens (including phenoxy) is 1. The van der Waals surface area contributed by atoms with Gasteiger partial charge >= 0.3 is 6.09 Å². The lowest BCUT2D eigenvalue weighted by atomic mass is 9.86. The van der Waals surface area contributed by atoms with Crippen LogP contribution in [0.15, 0.2) is 0 Å². The second-order valence-electron chi connectivity index (χ2n) is 6.74. The van der Waals surface area contributed by atoms with Crippen molar-refractivity contribution < 1.29 is 19.1 Å². The SMILES string of the molecule is CC(C)COC(=O)N[C@H](CC(N)=O)C(=O)N[C@H]1CCCC[C@H]1C. The van der Waals surface area contributed by atoms with Gasteiger partial charge in [-0.25, -0.2) is 4.79 Å². The van der Waals surface area contributed by atoms with Crippen molar-refractivity contribution in [1.29, 1.82) is 0 Å². The lowest BCUT2D eigenvalue weighted by molar-refractivity contribution is -0.128. The first-order valence-electron chi connectivity index (χ1n) is 8.31. The van der Waals surface area contributed by atoms with E-state index in [0.29, 0.717) is 5.92 Å². The Balaban J connectivity index is 2.59. The lowest BCUT2D eigenvalue weighted by Crippen LogP contribution is -2.52. The van der Waals surface area contributed by atoms with E-state index in [1.54, 1.807) is 0 Å².